The number of hydrogen-bond acceptors (Lipinski definition) is 2. The highest BCUT2D eigenvalue weighted by atomic mass is 79.9. The summed E-state index contributed by atoms with van der Waals surface area (Å²) in [6.07, 6.45) is 5.94. The molecule has 20 heavy (non-hydrogen) atoms. The molecular formula is C17H26BrNO. The van der Waals surface area contributed by atoms with Gasteiger partial charge in [0.15, 0.2) is 0 Å². The van der Waals surface area contributed by atoms with Gasteiger partial charge in [-0.2, -0.15) is 0 Å². The van der Waals surface area contributed by atoms with Crippen LogP contribution in [0.15, 0.2) is 28.7 Å². The van der Waals surface area contributed by atoms with Gasteiger partial charge in [0.2, 0.25) is 0 Å². The minimum atomic E-state index is -0.0144. The Morgan fingerprint density at radius 3 is 2.65 bits per heavy atom. The minimum absolute atomic E-state index is 0.0144. The summed E-state index contributed by atoms with van der Waals surface area (Å²) in [5.74, 6) is 0.754. The van der Waals surface area contributed by atoms with Crippen LogP contribution in [-0.4, -0.2) is 25.8 Å². The van der Waals surface area contributed by atoms with Gasteiger partial charge in [0, 0.05) is 17.6 Å². The van der Waals surface area contributed by atoms with Crippen molar-refractivity contribution in [1.82, 2.24) is 5.32 Å². The number of rotatable bonds is 5. The summed E-state index contributed by atoms with van der Waals surface area (Å²) in [6.45, 7) is 2.35. The average Bonchev–Trinajstić information content (AvgIpc) is 2.46. The molecule has 0 radical (unpaired) electrons. The van der Waals surface area contributed by atoms with Gasteiger partial charge in [-0.1, -0.05) is 47.8 Å². The van der Waals surface area contributed by atoms with E-state index < -0.39 is 0 Å². The summed E-state index contributed by atoms with van der Waals surface area (Å²) >= 11 is 3.50. The molecule has 1 aromatic rings. The smallest absolute Gasteiger partial charge is 0.0836 e. The highest BCUT2D eigenvalue weighted by Gasteiger charge is 2.41. The first kappa shape index (κ1) is 16.0. The van der Waals surface area contributed by atoms with Gasteiger partial charge in [0.1, 0.15) is 0 Å². The lowest BCUT2D eigenvalue weighted by molar-refractivity contribution is -0.0775. The molecule has 1 N–H and O–H groups in total. The van der Waals surface area contributed by atoms with Gasteiger partial charge in [0.05, 0.1) is 5.60 Å². The first-order chi connectivity index (χ1) is 9.59. The minimum Gasteiger partial charge on any atom is -0.377 e. The Kier molecular flexibility index (Phi) is 5.65. The van der Waals surface area contributed by atoms with Crippen molar-refractivity contribution in [2.24, 2.45) is 5.92 Å². The number of methoxy groups -OCH3 is 1. The Balaban J connectivity index is 2.14. The van der Waals surface area contributed by atoms with Crippen molar-refractivity contribution >= 4 is 15.9 Å². The lowest BCUT2D eigenvalue weighted by Crippen LogP contribution is -2.54. The van der Waals surface area contributed by atoms with Crippen molar-refractivity contribution in [2.75, 3.05) is 14.2 Å². The number of likely N-dealkylation sites (N-methyl/N-ethyl adjacent to an activating group) is 1. The van der Waals surface area contributed by atoms with E-state index in [9.17, 15) is 0 Å². The highest BCUT2D eigenvalue weighted by Crippen LogP contribution is 2.38. The van der Waals surface area contributed by atoms with Crippen LogP contribution in [0.25, 0.3) is 0 Å². The number of hydrogen-bond donors (Lipinski definition) is 1. The van der Waals surface area contributed by atoms with Crippen molar-refractivity contribution in [3.8, 4) is 0 Å². The molecule has 1 aliphatic carbocycles. The quantitative estimate of drug-likeness (QED) is 0.868. The van der Waals surface area contributed by atoms with Crippen LogP contribution in [0.5, 0.6) is 0 Å². The van der Waals surface area contributed by atoms with Crippen molar-refractivity contribution in [2.45, 2.75) is 50.7 Å². The number of halogens is 1. The van der Waals surface area contributed by atoms with Crippen LogP contribution in [0.2, 0.25) is 0 Å². The summed E-state index contributed by atoms with van der Waals surface area (Å²) in [7, 11) is 3.94. The van der Waals surface area contributed by atoms with Crippen molar-refractivity contribution < 1.29 is 4.74 Å². The molecule has 0 amide bonds. The second kappa shape index (κ2) is 7.06. The maximum atomic E-state index is 6.03. The molecule has 3 unspecified atom stereocenters. The molecule has 3 heteroatoms. The molecule has 112 valence electrons. The van der Waals surface area contributed by atoms with Gasteiger partial charge in [-0.15, -0.1) is 0 Å². The lowest BCUT2D eigenvalue weighted by atomic mass is 9.73. The van der Waals surface area contributed by atoms with Gasteiger partial charge >= 0.3 is 0 Å². The third-order valence-corrected chi connectivity index (χ3v) is 5.26. The Labute approximate surface area is 131 Å². The Morgan fingerprint density at radius 2 is 2.10 bits per heavy atom. The number of nitrogens with one attached hydrogen (secondary N) is 1. The van der Waals surface area contributed by atoms with E-state index in [4.69, 9.17) is 4.74 Å². The van der Waals surface area contributed by atoms with E-state index >= 15 is 0 Å². The fourth-order valence-electron chi connectivity index (χ4n) is 3.60. The first-order valence-corrected chi connectivity index (χ1v) is 8.36. The zero-order chi connectivity index (χ0) is 14.6. The molecular weight excluding hydrogens is 314 g/mol. The summed E-state index contributed by atoms with van der Waals surface area (Å²) in [4.78, 5) is 0. The Hall–Kier alpha value is -0.380. The SMILES string of the molecule is CNC(Cc1ccc(Br)cc1)C1(OC)CCCC(C)C1. The molecule has 0 bridgehead atoms. The standard InChI is InChI=1S/C17H26BrNO/c1-13-5-4-10-17(12-13,20-3)16(19-2)11-14-6-8-15(18)9-7-14/h6-9,13,16,19H,4-5,10-12H2,1-3H3. The predicted octanol–water partition coefficient (Wildman–Crippen LogP) is 4.17. The summed E-state index contributed by atoms with van der Waals surface area (Å²) in [6, 6.07) is 9.00. The number of ether oxygens (including phenoxy) is 1. The third kappa shape index (κ3) is 3.63. The highest BCUT2D eigenvalue weighted by molar-refractivity contribution is 9.10. The molecule has 2 rings (SSSR count). The molecule has 0 spiro atoms. The zero-order valence-electron chi connectivity index (χ0n) is 12.8. The fourth-order valence-corrected chi connectivity index (χ4v) is 3.86. The van der Waals surface area contributed by atoms with Crippen molar-refractivity contribution in [3.63, 3.8) is 0 Å². The van der Waals surface area contributed by atoms with E-state index in [0.717, 1.165) is 29.7 Å². The summed E-state index contributed by atoms with van der Waals surface area (Å²) in [5, 5.41) is 3.51. The second-order valence-electron chi connectivity index (χ2n) is 6.14. The first-order valence-electron chi connectivity index (χ1n) is 7.56. The van der Waals surface area contributed by atoms with Gasteiger partial charge < -0.3 is 10.1 Å². The molecule has 0 heterocycles. The van der Waals surface area contributed by atoms with E-state index in [2.05, 4.69) is 59.5 Å². The second-order valence-corrected chi connectivity index (χ2v) is 7.06. The van der Waals surface area contributed by atoms with Crippen LogP contribution < -0.4 is 5.32 Å². The van der Waals surface area contributed by atoms with E-state index in [0.29, 0.717) is 6.04 Å². The molecule has 1 aliphatic rings. The zero-order valence-corrected chi connectivity index (χ0v) is 14.4. The van der Waals surface area contributed by atoms with Gasteiger partial charge in [-0.25, -0.2) is 0 Å². The van der Waals surface area contributed by atoms with Gasteiger partial charge in [0.25, 0.3) is 0 Å². The number of benzene rings is 1. The van der Waals surface area contributed by atoms with Gasteiger partial charge in [-0.3, -0.25) is 0 Å². The molecule has 1 aromatic carbocycles. The lowest BCUT2D eigenvalue weighted by Gasteiger charge is -2.44. The molecule has 0 aromatic heterocycles. The Bertz CT molecular complexity index is 420. The molecule has 1 fully saturated rings. The van der Waals surface area contributed by atoms with E-state index in [1.54, 1.807) is 0 Å². The Morgan fingerprint density at radius 1 is 1.40 bits per heavy atom. The van der Waals surface area contributed by atoms with Crippen LogP contribution in [0, 0.1) is 5.92 Å². The largest absolute Gasteiger partial charge is 0.377 e. The van der Waals surface area contributed by atoms with E-state index in [1.165, 1.54) is 18.4 Å². The fraction of sp³-hybridized carbons (Fsp3) is 0.647. The van der Waals surface area contributed by atoms with E-state index in [1.807, 2.05) is 7.11 Å². The van der Waals surface area contributed by atoms with Gasteiger partial charge in [-0.05, 0) is 49.9 Å². The van der Waals surface area contributed by atoms with Crippen molar-refractivity contribution in [1.29, 1.82) is 0 Å². The van der Waals surface area contributed by atoms with Crippen LogP contribution in [0.1, 0.15) is 38.2 Å². The molecule has 2 nitrogen and oxygen atoms in total. The topological polar surface area (TPSA) is 21.3 Å². The normalized spacial score (nSPS) is 28.3. The molecule has 3 atom stereocenters. The molecule has 0 saturated heterocycles. The summed E-state index contributed by atoms with van der Waals surface area (Å²) in [5.41, 5.74) is 1.35. The third-order valence-electron chi connectivity index (χ3n) is 4.73. The van der Waals surface area contributed by atoms with Crippen LogP contribution in [-0.2, 0) is 11.2 Å². The van der Waals surface area contributed by atoms with E-state index in [-0.39, 0.29) is 5.60 Å². The monoisotopic (exact) mass is 339 g/mol. The summed E-state index contributed by atoms with van der Waals surface area (Å²) < 4.78 is 7.16. The molecule has 0 aliphatic heterocycles. The van der Waals surface area contributed by atoms with Crippen molar-refractivity contribution in [3.05, 3.63) is 34.3 Å². The van der Waals surface area contributed by atoms with Crippen LogP contribution in [0.3, 0.4) is 0 Å². The molecule has 1 saturated carbocycles. The average molecular weight is 340 g/mol. The van der Waals surface area contributed by atoms with Crippen LogP contribution >= 0.6 is 15.9 Å². The maximum Gasteiger partial charge on any atom is 0.0836 e. The predicted molar refractivity (Wildman–Crippen MR) is 88.1 cm³/mol. The van der Waals surface area contributed by atoms with Crippen LogP contribution in [0.4, 0.5) is 0 Å². The maximum absolute atomic E-state index is 6.03.